The Morgan fingerprint density at radius 3 is 2.39 bits per heavy atom. The molecule has 0 aliphatic rings. The molecule has 0 saturated carbocycles. The van der Waals surface area contributed by atoms with Crippen molar-refractivity contribution in [2.45, 2.75) is 46.6 Å². The predicted molar refractivity (Wildman–Crippen MR) is 115 cm³/mol. The molecule has 0 fully saturated rings. The van der Waals surface area contributed by atoms with Crippen molar-refractivity contribution in [1.82, 2.24) is 5.32 Å². The fourth-order valence-corrected chi connectivity index (χ4v) is 4.23. The number of aryl methyl sites for hydroxylation is 3. The Labute approximate surface area is 168 Å². The maximum atomic E-state index is 12.4. The van der Waals surface area contributed by atoms with E-state index in [1.54, 1.807) is 6.07 Å². The van der Waals surface area contributed by atoms with Crippen molar-refractivity contribution in [3.8, 4) is 0 Å². The Balaban J connectivity index is 1.96. The van der Waals surface area contributed by atoms with E-state index >= 15 is 0 Å². The van der Waals surface area contributed by atoms with Gasteiger partial charge in [0.15, 0.2) is 0 Å². The van der Waals surface area contributed by atoms with Gasteiger partial charge in [0.2, 0.25) is 15.9 Å². The maximum Gasteiger partial charge on any atom is 0.232 e. The molecule has 152 valence electrons. The summed E-state index contributed by atoms with van der Waals surface area (Å²) in [5, 5.41) is 3.02. The molecule has 1 atom stereocenters. The van der Waals surface area contributed by atoms with Gasteiger partial charge in [-0.1, -0.05) is 35.9 Å². The van der Waals surface area contributed by atoms with Crippen molar-refractivity contribution in [2.24, 2.45) is 0 Å². The van der Waals surface area contributed by atoms with Crippen LogP contribution in [0.15, 0.2) is 42.5 Å². The largest absolute Gasteiger partial charge is 0.350 e. The summed E-state index contributed by atoms with van der Waals surface area (Å²) in [4.78, 5) is 12.4. The van der Waals surface area contributed by atoms with E-state index in [1.807, 2.05) is 45.9 Å². The van der Waals surface area contributed by atoms with E-state index in [9.17, 15) is 13.2 Å². The summed E-state index contributed by atoms with van der Waals surface area (Å²) in [6.07, 6.45) is 1.91. The molecule has 0 aromatic heterocycles. The van der Waals surface area contributed by atoms with Gasteiger partial charge in [0.05, 0.1) is 18.0 Å². The lowest BCUT2D eigenvalue weighted by Gasteiger charge is -2.23. The standard InChI is InChI=1S/C22H30N2O3S/c1-16-8-6-9-20(14-16)24(28(5,26)27)13-7-10-22(25)23-19(4)21-15-17(2)11-12-18(21)3/h6,8-9,11-12,14-15,19H,7,10,13H2,1-5H3,(H,23,25). The number of anilines is 1. The normalized spacial score (nSPS) is 12.5. The van der Waals surface area contributed by atoms with Gasteiger partial charge in [-0.15, -0.1) is 0 Å². The quantitative estimate of drug-likeness (QED) is 0.725. The summed E-state index contributed by atoms with van der Waals surface area (Å²) in [6, 6.07) is 13.5. The number of carbonyl (C=O) groups excluding carboxylic acids is 1. The van der Waals surface area contributed by atoms with Crippen LogP contribution in [0.3, 0.4) is 0 Å². The zero-order valence-electron chi connectivity index (χ0n) is 17.3. The molecule has 0 aliphatic carbocycles. The lowest BCUT2D eigenvalue weighted by atomic mass is 10.00. The van der Waals surface area contributed by atoms with E-state index in [0.29, 0.717) is 12.1 Å². The minimum atomic E-state index is -3.41. The minimum absolute atomic E-state index is 0.0777. The van der Waals surface area contributed by atoms with Crippen LogP contribution >= 0.6 is 0 Å². The molecular weight excluding hydrogens is 372 g/mol. The van der Waals surface area contributed by atoms with Crippen molar-refractivity contribution in [3.63, 3.8) is 0 Å². The third-order valence-electron chi connectivity index (χ3n) is 4.73. The highest BCUT2D eigenvalue weighted by molar-refractivity contribution is 7.92. The third-order valence-corrected chi connectivity index (χ3v) is 5.93. The first-order valence-corrected chi connectivity index (χ1v) is 11.3. The highest BCUT2D eigenvalue weighted by atomic mass is 32.2. The molecule has 28 heavy (non-hydrogen) atoms. The molecule has 2 aromatic rings. The lowest BCUT2D eigenvalue weighted by Crippen LogP contribution is -2.32. The number of rotatable bonds is 8. The zero-order chi connectivity index (χ0) is 20.9. The molecule has 0 aliphatic heterocycles. The van der Waals surface area contributed by atoms with Crippen molar-refractivity contribution >= 4 is 21.6 Å². The molecule has 2 aromatic carbocycles. The molecule has 1 amide bonds. The molecule has 1 N–H and O–H groups in total. The summed E-state index contributed by atoms with van der Waals surface area (Å²) in [5.74, 6) is -0.0777. The number of amides is 1. The maximum absolute atomic E-state index is 12.4. The Kier molecular flexibility index (Phi) is 7.24. The molecule has 0 heterocycles. The monoisotopic (exact) mass is 402 g/mol. The Bertz CT molecular complexity index is 939. The zero-order valence-corrected chi connectivity index (χ0v) is 18.1. The molecule has 0 bridgehead atoms. The highest BCUT2D eigenvalue weighted by Crippen LogP contribution is 2.21. The van der Waals surface area contributed by atoms with Crippen LogP contribution < -0.4 is 9.62 Å². The van der Waals surface area contributed by atoms with Gasteiger partial charge in [0.25, 0.3) is 0 Å². The first-order valence-electron chi connectivity index (χ1n) is 9.49. The van der Waals surface area contributed by atoms with Crippen LogP contribution in [0.4, 0.5) is 5.69 Å². The SMILES string of the molecule is Cc1cccc(N(CCCC(=O)NC(C)c2cc(C)ccc2C)S(C)(=O)=O)c1. The molecule has 1 unspecified atom stereocenters. The van der Waals surface area contributed by atoms with E-state index < -0.39 is 10.0 Å². The Morgan fingerprint density at radius 2 is 1.75 bits per heavy atom. The van der Waals surface area contributed by atoms with Crippen molar-refractivity contribution in [2.75, 3.05) is 17.1 Å². The van der Waals surface area contributed by atoms with Gasteiger partial charge in [-0.05, 0) is 62.9 Å². The van der Waals surface area contributed by atoms with Gasteiger partial charge >= 0.3 is 0 Å². The third kappa shape index (κ3) is 6.09. The second-order valence-corrected chi connectivity index (χ2v) is 9.33. The van der Waals surface area contributed by atoms with E-state index in [2.05, 4.69) is 23.5 Å². The summed E-state index contributed by atoms with van der Waals surface area (Å²) >= 11 is 0. The van der Waals surface area contributed by atoms with Gasteiger partial charge < -0.3 is 5.32 Å². The minimum Gasteiger partial charge on any atom is -0.350 e. The van der Waals surface area contributed by atoms with Gasteiger partial charge in [-0.2, -0.15) is 0 Å². The van der Waals surface area contributed by atoms with E-state index in [4.69, 9.17) is 0 Å². The van der Waals surface area contributed by atoms with Crippen molar-refractivity contribution < 1.29 is 13.2 Å². The van der Waals surface area contributed by atoms with Crippen LogP contribution in [0, 0.1) is 20.8 Å². The fraction of sp³-hybridized carbons (Fsp3) is 0.409. The van der Waals surface area contributed by atoms with E-state index in [1.165, 1.54) is 10.6 Å². The van der Waals surface area contributed by atoms with Gasteiger partial charge in [-0.25, -0.2) is 8.42 Å². The summed E-state index contributed by atoms with van der Waals surface area (Å²) in [5.41, 5.74) is 5.02. The smallest absolute Gasteiger partial charge is 0.232 e. The molecule has 0 radical (unpaired) electrons. The van der Waals surface area contributed by atoms with Crippen molar-refractivity contribution in [1.29, 1.82) is 0 Å². The second kappa shape index (κ2) is 9.24. The molecule has 2 rings (SSSR count). The summed E-state index contributed by atoms with van der Waals surface area (Å²) in [6.45, 7) is 8.22. The van der Waals surface area contributed by atoms with Gasteiger partial charge in [0.1, 0.15) is 0 Å². The predicted octanol–water partition coefficient (Wildman–Crippen LogP) is 4.04. The summed E-state index contributed by atoms with van der Waals surface area (Å²) < 4.78 is 25.7. The first-order chi connectivity index (χ1) is 13.1. The lowest BCUT2D eigenvalue weighted by molar-refractivity contribution is -0.121. The first kappa shape index (κ1) is 22.0. The molecule has 6 heteroatoms. The number of hydrogen-bond donors (Lipinski definition) is 1. The molecule has 5 nitrogen and oxygen atoms in total. The number of nitrogens with zero attached hydrogens (tertiary/aromatic N) is 1. The highest BCUT2D eigenvalue weighted by Gasteiger charge is 2.18. The van der Waals surface area contributed by atoms with Crippen LogP contribution in [0.1, 0.15) is 48.1 Å². The van der Waals surface area contributed by atoms with Crippen LogP contribution in [0.2, 0.25) is 0 Å². The van der Waals surface area contributed by atoms with Crippen LogP contribution in [0.25, 0.3) is 0 Å². The van der Waals surface area contributed by atoms with Gasteiger partial charge in [0, 0.05) is 13.0 Å². The number of nitrogens with one attached hydrogen (secondary N) is 1. The van der Waals surface area contributed by atoms with Crippen LogP contribution in [-0.4, -0.2) is 27.1 Å². The molecule has 0 saturated heterocycles. The average molecular weight is 403 g/mol. The Morgan fingerprint density at radius 1 is 1.07 bits per heavy atom. The van der Waals surface area contributed by atoms with Crippen LogP contribution in [-0.2, 0) is 14.8 Å². The molecular formula is C22H30N2O3S. The van der Waals surface area contributed by atoms with Crippen LogP contribution in [0.5, 0.6) is 0 Å². The van der Waals surface area contributed by atoms with Gasteiger partial charge in [-0.3, -0.25) is 9.10 Å². The van der Waals surface area contributed by atoms with E-state index in [-0.39, 0.29) is 24.9 Å². The number of carbonyl (C=O) groups is 1. The Hall–Kier alpha value is -2.34. The number of sulfonamides is 1. The average Bonchev–Trinajstić information content (AvgIpc) is 2.59. The topological polar surface area (TPSA) is 66.5 Å². The number of benzene rings is 2. The van der Waals surface area contributed by atoms with Crippen molar-refractivity contribution in [3.05, 3.63) is 64.7 Å². The molecule has 0 spiro atoms. The fourth-order valence-electron chi connectivity index (χ4n) is 3.27. The second-order valence-electron chi connectivity index (χ2n) is 7.43. The summed E-state index contributed by atoms with van der Waals surface area (Å²) in [7, 11) is -3.41. The number of hydrogen-bond acceptors (Lipinski definition) is 3. The van der Waals surface area contributed by atoms with E-state index in [0.717, 1.165) is 22.3 Å².